The Hall–Kier alpha value is -2.89. The Morgan fingerprint density at radius 1 is 0.950 bits per heavy atom. The maximum absolute atomic E-state index is 13.6. The van der Waals surface area contributed by atoms with Crippen molar-refractivity contribution in [3.05, 3.63) is 48.3 Å². The topological polar surface area (TPSA) is 79.4 Å². The molecule has 20 heavy (non-hydrogen) atoms. The number of nitrogens with zero attached hydrogens (tertiary/aromatic N) is 2. The highest BCUT2D eigenvalue weighted by Crippen LogP contribution is 2.35. The molecule has 2 aromatic carbocycles. The van der Waals surface area contributed by atoms with Crippen molar-refractivity contribution in [3.8, 4) is 34.3 Å². The number of hydrogen-bond donors (Lipinski definition) is 2. The first-order valence-corrected chi connectivity index (χ1v) is 5.77. The Kier molecular flexibility index (Phi) is 2.83. The van der Waals surface area contributed by atoms with Gasteiger partial charge in [0, 0.05) is 0 Å². The number of hydrogen-bond acceptors (Lipinski definition) is 5. The summed E-state index contributed by atoms with van der Waals surface area (Å²) in [6.07, 6.45) is 0. The third-order valence-electron chi connectivity index (χ3n) is 2.79. The van der Waals surface area contributed by atoms with E-state index in [0.717, 1.165) is 0 Å². The number of rotatable bonds is 2. The van der Waals surface area contributed by atoms with Crippen molar-refractivity contribution in [2.24, 2.45) is 0 Å². The Bertz CT molecular complexity index is 771. The molecule has 2 N–H and O–H groups in total. The lowest BCUT2D eigenvalue weighted by Crippen LogP contribution is -1.86. The Labute approximate surface area is 112 Å². The van der Waals surface area contributed by atoms with Crippen LogP contribution in [0.25, 0.3) is 22.8 Å². The Morgan fingerprint density at radius 3 is 2.50 bits per heavy atom. The molecule has 0 fully saturated rings. The van der Waals surface area contributed by atoms with Crippen LogP contribution in [0.5, 0.6) is 11.5 Å². The molecule has 0 bridgehead atoms. The molecule has 0 saturated carbocycles. The van der Waals surface area contributed by atoms with Crippen LogP contribution in [0.4, 0.5) is 4.39 Å². The lowest BCUT2D eigenvalue weighted by Gasteiger charge is -2.00. The maximum Gasteiger partial charge on any atom is 0.262 e. The van der Waals surface area contributed by atoms with Gasteiger partial charge in [0.15, 0.2) is 11.5 Å². The van der Waals surface area contributed by atoms with Crippen molar-refractivity contribution in [2.45, 2.75) is 0 Å². The second kappa shape index (κ2) is 4.65. The van der Waals surface area contributed by atoms with Crippen molar-refractivity contribution in [1.82, 2.24) is 10.1 Å². The zero-order valence-corrected chi connectivity index (χ0v) is 10.1. The first-order valence-electron chi connectivity index (χ1n) is 5.77. The monoisotopic (exact) mass is 272 g/mol. The van der Waals surface area contributed by atoms with Crippen LogP contribution in [0.3, 0.4) is 0 Å². The fraction of sp³-hybridized carbons (Fsp3) is 0. The second-order valence-corrected chi connectivity index (χ2v) is 4.08. The molecular weight excluding hydrogens is 263 g/mol. The van der Waals surface area contributed by atoms with E-state index in [1.807, 2.05) is 0 Å². The number of para-hydroxylation sites is 1. The summed E-state index contributed by atoms with van der Waals surface area (Å²) in [7, 11) is 0. The van der Waals surface area contributed by atoms with Crippen LogP contribution in [0.2, 0.25) is 0 Å². The van der Waals surface area contributed by atoms with Gasteiger partial charge < -0.3 is 14.7 Å². The third-order valence-corrected chi connectivity index (χ3v) is 2.79. The van der Waals surface area contributed by atoms with Gasteiger partial charge in [0.1, 0.15) is 5.82 Å². The summed E-state index contributed by atoms with van der Waals surface area (Å²) in [5.41, 5.74) is 0.377. The molecule has 0 radical (unpaired) electrons. The molecule has 0 spiro atoms. The average molecular weight is 272 g/mol. The van der Waals surface area contributed by atoms with Gasteiger partial charge in [-0.25, -0.2) is 4.39 Å². The SMILES string of the molecule is Oc1cccc(-c2nc(-c3ccccc3F)no2)c1O. The van der Waals surface area contributed by atoms with Crippen LogP contribution in [-0.4, -0.2) is 20.4 Å². The van der Waals surface area contributed by atoms with Gasteiger partial charge in [-0.1, -0.05) is 23.4 Å². The van der Waals surface area contributed by atoms with Crippen LogP contribution >= 0.6 is 0 Å². The van der Waals surface area contributed by atoms with Crippen molar-refractivity contribution in [2.75, 3.05) is 0 Å². The van der Waals surface area contributed by atoms with Crippen LogP contribution in [0.1, 0.15) is 0 Å². The molecule has 0 atom stereocenters. The van der Waals surface area contributed by atoms with E-state index in [-0.39, 0.29) is 34.3 Å². The van der Waals surface area contributed by atoms with Crippen LogP contribution in [0.15, 0.2) is 47.0 Å². The molecule has 0 saturated heterocycles. The van der Waals surface area contributed by atoms with E-state index < -0.39 is 5.82 Å². The third kappa shape index (κ3) is 1.97. The molecule has 0 amide bonds. The van der Waals surface area contributed by atoms with Crippen molar-refractivity contribution in [1.29, 1.82) is 0 Å². The minimum Gasteiger partial charge on any atom is -0.504 e. The van der Waals surface area contributed by atoms with Crippen molar-refractivity contribution < 1.29 is 19.1 Å². The predicted octanol–water partition coefficient (Wildman–Crippen LogP) is 2.95. The molecule has 1 aromatic heterocycles. The molecule has 0 aliphatic rings. The summed E-state index contributed by atoms with van der Waals surface area (Å²) in [5, 5.41) is 22.8. The largest absolute Gasteiger partial charge is 0.504 e. The minimum absolute atomic E-state index is 0.00310. The summed E-state index contributed by atoms with van der Waals surface area (Å²) >= 11 is 0. The van der Waals surface area contributed by atoms with Crippen molar-refractivity contribution >= 4 is 0 Å². The van der Waals surface area contributed by atoms with Gasteiger partial charge in [0.2, 0.25) is 5.82 Å². The summed E-state index contributed by atoms with van der Waals surface area (Å²) in [4.78, 5) is 4.02. The average Bonchev–Trinajstić information content (AvgIpc) is 2.92. The first kappa shape index (κ1) is 12.2. The molecule has 5 nitrogen and oxygen atoms in total. The van der Waals surface area contributed by atoms with Gasteiger partial charge in [0.05, 0.1) is 11.1 Å². The Morgan fingerprint density at radius 2 is 1.70 bits per heavy atom. The van der Waals surface area contributed by atoms with Gasteiger partial charge in [-0.15, -0.1) is 0 Å². The zero-order chi connectivity index (χ0) is 14.1. The molecule has 0 unspecified atom stereocenters. The summed E-state index contributed by atoms with van der Waals surface area (Å²) in [6, 6.07) is 10.4. The van der Waals surface area contributed by atoms with E-state index >= 15 is 0 Å². The summed E-state index contributed by atoms with van der Waals surface area (Å²) in [6.45, 7) is 0. The molecule has 0 aliphatic carbocycles. The van der Waals surface area contributed by atoms with E-state index in [9.17, 15) is 14.6 Å². The minimum atomic E-state index is -0.472. The summed E-state index contributed by atoms with van der Waals surface area (Å²) < 4.78 is 18.6. The lowest BCUT2D eigenvalue weighted by molar-refractivity contribution is 0.397. The molecule has 0 aliphatic heterocycles. The fourth-order valence-corrected chi connectivity index (χ4v) is 1.79. The standard InChI is InChI=1S/C14H9FN2O3/c15-10-6-2-1-4-8(10)13-16-14(20-17-13)9-5-3-7-11(18)12(9)19/h1-7,18-19H. The van der Waals surface area contributed by atoms with Gasteiger partial charge in [-0.2, -0.15) is 4.98 Å². The molecule has 1 heterocycles. The van der Waals surface area contributed by atoms with E-state index in [1.165, 1.54) is 30.3 Å². The Balaban J connectivity index is 2.07. The van der Waals surface area contributed by atoms with Crippen molar-refractivity contribution in [3.63, 3.8) is 0 Å². The maximum atomic E-state index is 13.6. The number of halogens is 1. The van der Waals surface area contributed by atoms with E-state index in [0.29, 0.717) is 0 Å². The number of benzene rings is 2. The molecule has 6 heteroatoms. The molecular formula is C14H9FN2O3. The van der Waals surface area contributed by atoms with E-state index in [4.69, 9.17) is 4.52 Å². The van der Waals surface area contributed by atoms with Gasteiger partial charge in [0.25, 0.3) is 5.89 Å². The molecule has 100 valence electrons. The number of phenols is 2. The van der Waals surface area contributed by atoms with Crippen LogP contribution in [0, 0.1) is 5.82 Å². The highest BCUT2D eigenvalue weighted by molar-refractivity contribution is 5.68. The quantitative estimate of drug-likeness (QED) is 0.701. The summed E-state index contributed by atoms with van der Waals surface area (Å²) in [5.74, 6) is -1.07. The lowest BCUT2D eigenvalue weighted by atomic mass is 10.2. The highest BCUT2D eigenvalue weighted by Gasteiger charge is 2.17. The predicted molar refractivity (Wildman–Crippen MR) is 68.5 cm³/mol. The number of phenolic OH excluding ortho intramolecular Hbond substituents is 2. The second-order valence-electron chi connectivity index (χ2n) is 4.08. The van der Waals surface area contributed by atoms with Crippen LogP contribution in [-0.2, 0) is 0 Å². The smallest absolute Gasteiger partial charge is 0.262 e. The van der Waals surface area contributed by atoms with E-state index in [2.05, 4.69) is 10.1 Å². The normalized spacial score (nSPS) is 10.7. The van der Waals surface area contributed by atoms with Crippen LogP contribution < -0.4 is 0 Å². The molecule has 3 aromatic rings. The van der Waals surface area contributed by atoms with Gasteiger partial charge in [-0.05, 0) is 24.3 Å². The van der Waals surface area contributed by atoms with Gasteiger partial charge in [-0.3, -0.25) is 0 Å². The molecule has 3 rings (SSSR count). The number of aromatic nitrogens is 2. The highest BCUT2D eigenvalue weighted by atomic mass is 19.1. The number of aromatic hydroxyl groups is 2. The van der Waals surface area contributed by atoms with E-state index in [1.54, 1.807) is 12.1 Å². The zero-order valence-electron chi connectivity index (χ0n) is 10.1. The first-order chi connectivity index (χ1) is 9.66. The fourth-order valence-electron chi connectivity index (χ4n) is 1.79. The van der Waals surface area contributed by atoms with Gasteiger partial charge >= 0.3 is 0 Å².